The maximum atomic E-state index is 5.24. The lowest BCUT2D eigenvalue weighted by molar-refractivity contribution is 1.16. The smallest absolute Gasteiger partial charge is 0.161 e. The van der Waals surface area contributed by atoms with Gasteiger partial charge in [-0.15, -0.1) is 0 Å². The number of hydrogen-bond donors (Lipinski definition) is 0. The second-order valence-electron chi connectivity index (χ2n) is 23.7. The van der Waals surface area contributed by atoms with Crippen LogP contribution in [-0.4, -0.2) is 29.1 Å². The lowest BCUT2D eigenvalue weighted by Gasteiger charge is -2.13. The summed E-state index contributed by atoms with van der Waals surface area (Å²) in [5.74, 6) is 1.42. The van der Waals surface area contributed by atoms with Gasteiger partial charge in [-0.25, -0.2) is 19.9 Å². The van der Waals surface area contributed by atoms with Crippen LogP contribution in [0.15, 0.2) is 352 Å². The lowest BCUT2D eigenvalue weighted by Crippen LogP contribution is -1.98. The van der Waals surface area contributed by atoms with E-state index in [9.17, 15) is 0 Å². The highest BCUT2D eigenvalue weighted by molar-refractivity contribution is 6.10. The van der Waals surface area contributed by atoms with E-state index in [2.05, 4.69) is 349 Å². The molecule has 0 atom stereocenters. The molecular formula is C88H58N6. The fourth-order valence-electron chi connectivity index (χ4n) is 13.4. The molecule has 0 saturated carbocycles. The van der Waals surface area contributed by atoms with Crippen molar-refractivity contribution >= 4 is 65.2 Å². The molecule has 14 aromatic carbocycles. The van der Waals surface area contributed by atoms with E-state index < -0.39 is 0 Å². The second kappa shape index (κ2) is 24.0. The molecule has 0 saturated heterocycles. The predicted octanol–water partition coefficient (Wildman–Crippen LogP) is 22.8. The van der Waals surface area contributed by atoms with Crippen molar-refractivity contribution in [3.63, 3.8) is 0 Å². The Morgan fingerprint density at radius 1 is 0.181 bits per heavy atom. The van der Waals surface area contributed by atoms with Crippen molar-refractivity contribution in [1.29, 1.82) is 0 Å². The number of aromatic nitrogens is 6. The van der Waals surface area contributed by atoms with Gasteiger partial charge in [-0.05, 0) is 111 Å². The molecule has 0 amide bonds. The molecule has 0 radical (unpaired) electrons. The molecule has 0 aliphatic heterocycles. The van der Waals surface area contributed by atoms with Gasteiger partial charge >= 0.3 is 0 Å². The van der Waals surface area contributed by atoms with Crippen molar-refractivity contribution in [3.05, 3.63) is 352 Å². The Labute approximate surface area is 544 Å². The van der Waals surface area contributed by atoms with Crippen molar-refractivity contribution in [2.45, 2.75) is 0 Å². The summed E-state index contributed by atoms with van der Waals surface area (Å²) < 4.78 is 4.70. The van der Waals surface area contributed by atoms with E-state index in [4.69, 9.17) is 19.9 Å². The summed E-state index contributed by atoms with van der Waals surface area (Å²) in [7, 11) is 0. The van der Waals surface area contributed by atoms with Gasteiger partial charge < -0.3 is 9.13 Å². The van der Waals surface area contributed by atoms with E-state index in [1.54, 1.807) is 0 Å². The van der Waals surface area contributed by atoms with E-state index in [1.807, 2.05) is 12.1 Å². The largest absolute Gasteiger partial charge is 0.309 e. The maximum absolute atomic E-state index is 5.24. The van der Waals surface area contributed by atoms with Gasteiger partial charge in [-0.2, -0.15) is 0 Å². The minimum Gasteiger partial charge on any atom is -0.309 e. The van der Waals surface area contributed by atoms with Gasteiger partial charge in [0.2, 0.25) is 0 Å². The maximum Gasteiger partial charge on any atom is 0.161 e. The molecule has 0 N–H and O–H groups in total. The number of para-hydroxylation sites is 4. The van der Waals surface area contributed by atoms with Gasteiger partial charge in [0.05, 0.1) is 44.8 Å². The summed E-state index contributed by atoms with van der Waals surface area (Å²) in [6.45, 7) is 0. The molecule has 0 aliphatic carbocycles. The molecule has 4 aromatic heterocycles. The normalized spacial score (nSPS) is 11.4. The first-order chi connectivity index (χ1) is 46.6. The van der Waals surface area contributed by atoms with Crippen molar-refractivity contribution in [2.75, 3.05) is 0 Å². The van der Waals surface area contributed by atoms with Crippen LogP contribution in [0.1, 0.15) is 0 Å². The van der Waals surface area contributed by atoms with Crippen molar-refractivity contribution < 1.29 is 0 Å². The Hall–Kier alpha value is -12.6. The van der Waals surface area contributed by atoms with Crippen LogP contribution in [0.2, 0.25) is 0 Å². The summed E-state index contributed by atoms with van der Waals surface area (Å²) >= 11 is 0. The highest BCUT2D eigenvalue weighted by Crippen LogP contribution is 2.39. The minimum absolute atomic E-state index is 0.706. The Kier molecular flexibility index (Phi) is 14.1. The molecule has 6 heteroatoms. The summed E-state index contributed by atoms with van der Waals surface area (Å²) in [6.07, 6.45) is 0. The Morgan fingerprint density at radius 3 is 0.989 bits per heavy atom. The van der Waals surface area contributed by atoms with Crippen LogP contribution >= 0.6 is 0 Å². The van der Waals surface area contributed by atoms with Crippen molar-refractivity contribution in [2.24, 2.45) is 0 Å². The number of benzene rings is 14. The standard InChI is InChI=1S/2C44H29N3/c1-2-12-30(13-3-1)31-24-26-33(27-25-31)40-29-41(46-44(45-40)39-21-11-15-32-14-4-5-18-36(32)39)34-16-10-17-35(28-34)47-42-22-8-6-19-37(42)38-20-7-9-23-43(38)47;1-2-11-30(12-3-1)32-21-24-33(25-22-32)40-29-41(46-44(45-40)36-26-23-31-13-4-5-14-34(31)27-36)35-15-10-16-37(28-35)47-42-19-8-6-17-38(42)39-18-7-9-20-43(39)47/h2*1-29H. The lowest BCUT2D eigenvalue weighted by atomic mass is 10.0. The van der Waals surface area contributed by atoms with Gasteiger partial charge in [0.1, 0.15) is 0 Å². The SMILES string of the molecule is c1ccc(-c2ccc(-c3cc(-c4cccc(-n5c6ccccc6c6ccccc65)c4)nc(-c4ccc5ccccc5c4)n3)cc2)cc1.c1ccc(-c2ccc(-c3cc(-c4cccc(-n5c6ccccc6c6ccccc65)c4)nc(-c4cccc5ccccc45)n3)cc2)cc1. The third kappa shape index (κ3) is 10.4. The Morgan fingerprint density at radius 2 is 0.511 bits per heavy atom. The van der Waals surface area contributed by atoms with Crippen molar-refractivity contribution in [3.8, 4) is 101 Å². The van der Waals surface area contributed by atoms with E-state index in [1.165, 1.54) is 82.0 Å². The first-order valence-corrected chi connectivity index (χ1v) is 31.8. The molecule has 0 fully saturated rings. The summed E-state index contributed by atoms with van der Waals surface area (Å²) in [5, 5.41) is 9.65. The molecule has 94 heavy (non-hydrogen) atoms. The second-order valence-corrected chi connectivity index (χ2v) is 23.7. The van der Waals surface area contributed by atoms with E-state index in [0.717, 1.165) is 72.9 Å². The summed E-state index contributed by atoms with van der Waals surface area (Å²) in [6, 6.07) is 124. The van der Waals surface area contributed by atoms with Crippen LogP contribution in [0, 0.1) is 0 Å². The van der Waals surface area contributed by atoms with Crippen LogP contribution in [0.3, 0.4) is 0 Å². The Bertz CT molecular complexity index is 5730. The van der Waals surface area contributed by atoms with E-state index >= 15 is 0 Å². The van der Waals surface area contributed by atoms with Crippen LogP contribution in [0.5, 0.6) is 0 Å². The van der Waals surface area contributed by atoms with Gasteiger partial charge in [0, 0.05) is 66.3 Å². The number of nitrogens with zero attached hydrogens (tertiary/aromatic N) is 6. The zero-order valence-corrected chi connectivity index (χ0v) is 51.2. The van der Waals surface area contributed by atoms with Gasteiger partial charge in [-0.3, -0.25) is 0 Å². The average Bonchev–Trinajstić information content (AvgIpc) is 1.76. The molecule has 18 aromatic rings. The van der Waals surface area contributed by atoms with E-state index in [-0.39, 0.29) is 0 Å². The quantitative estimate of drug-likeness (QED) is 0.137. The molecule has 440 valence electrons. The molecule has 6 nitrogen and oxygen atoms in total. The van der Waals surface area contributed by atoms with Gasteiger partial charge in [0.15, 0.2) is 11.6 Å². The highest BCUT2D eigenvalue weighted by atomic mass is 15.0. The predicted molar refractivity (Wildman–Crippen MR) is 391 cm³/mol. The molecule has 0 aliphatic rings. The first kappa shape index (κ1) is 55.4. The number of hydrogen-bond acceptors (Lipinski definition) is 4. The van der Waals surface area contributed by atoms with Gasteiger partial charge in [-0.1, -0.05) is 285 Å². The topological polar surface area (TPSA) is 61.4 Å². The molecule has 0 unspecified atom stereocenters. The Balaban J connectivity index is 0.000000143. The zero-order valence-electron chi connectivity index (χ0n) is 51.2. The zero-order chi connectivity index (χ0) is 62.3. The molecule has 0 bridgehead atoms. The number of rotatable bonds is 10. The highest BCUT2D eigenvalue weighted by Gasteiger charge is 2.19. The van der Waals surface area contributed by atoms with Crippen LogP contribution in [0.25, 0.3) is 167 Å². The third-order valence-electron chi connectivity index (χ3n) is 18.0. The van der Waals surface area contributed by atoms with Crippen molar-refractivity contribution in [1.82, 2.24) is 29.1 Å². The summed E-state index contributed by atoms with van der Waals surface area (Å²) in [4.78, 5) is 20.8. The molecule has 18 rings (SSSR count). The third-order valence-corrected chi connectivity index (χ3v) is 18.0. The monoisotopic (exact) mass is 1200 g/mol. The molecular weight excluding hydrogens is 1140 g/mol. The average molecular weight is 1200 g/mol. The first-order valence-electron chi connectivity index (χ1n) is 31.8. The van der Waals surface area contributed by atoms with Gasteiger partial charge in [0.25, 0.3) is 0 Å². The number of fused-ring (bicyclic) bond motifs is 8. The minimum atomic E-state index is 0.706. The summed E-state index contributed by atoms with van der Waals surface area (Å²) in [5.41, 5.74) is 21.4. The van der Waals surface area contributed by atoms with Crippen LogP contribution in [0.4, 0.5) is 0 Å². The fourth-order valence-corrected chi connectivity index (χ4v) is 13.4. The molecule has 4 heterocycles. The van der Waals surface area contributed by atoms with Crippen LogP contribution in [-0.2, 0) is 0 Å². The molecule has 0 spiro atoms. The van der Waals surface area contributed by atoms with Crippen LogP contribution < -0.4 is 0 Å². The fraction of sp³-hybridized carbons (Fsp3) is 0. The van der Waals surface area contributed by atoms with E-state index in [0.29, 0.717) is 11.6 Å².